The van der Waals surface area contributed by atoms with E-state index in [1.54, 1.807) is 12.1 Å². The van der Waals surface area contributed by atoms with Crippen molar-refractivity contribution in [2.24, 2.45) is 5.92 Å². The maximum atomic E-state index is 14.0. The molecule has 17 heavy (non-hydrogen) atoms. The summed E-state index contributed by atoms with van der Waals surface area (Å²) in [7, 11) is 0. The monoisotopic (exact) mass is 303 g/mol. The van der Waals surface area contributed by atoms with E-state index in [9.17, 15) is 8.78 Å². The first-order valence-electron chi connectivity index (χ1n) is 5.92. The quantitative estimate of drug-likeness (QED) is 0.892. The van der Waals surface area contributed by atoms with Crippen LogP contribution in [-0.2, 0) is 5.92 Å². The summed E-state index contributed by atoms with van der Waals surface area (Å²) >= 11 is 3.26. The fraction of sp³-hybridized carbons (Fsp3) is 0.538. The lowest BCUT2D eigenvalue weighted by molar-refractivity contribution is -0.0317. The third-order valence-electron chi connectivity index (χ3n) is 3.21. The topological polar surface area (TPSA) is 12.0 Å². The first-order chi connectivity index (χ1) is 8.08. The van der Waals surface area contributed by atoms with Gasteiger partial charge in [-0.2, -0.15) is 0 Å². The Hall–Kier alpha value is -0.480. The Morgan fingerprint density at radius 1 is 1.29 bits per heavy atom. The maximum absolute atomic E-state index is 14.0. The van der Waals surface area contributed by atoms with Crippen LogP contribution in [0.3, 0.4) is 0 Å². The third-order valence-corrected chi connectivity index (χ3v) is 3.74. The smallest absolute Gasteiger partial charge is 0.273 e. The minimum atomic E-state index is -2.72. The Bertz CT molecular complexity index is 358. The van der Waals surface area contributed by atoms with Gasteiger partial charge in [0.2, 0.25) is 0 Å². The van der Waals surface area contributed by atoms with E-state index in [4.69, 9.17) is 0 Å². The molecule has 0 bridgehead atoms. The molecule has 0 aromatic heterocycles. The maximum Gasteiger partial charge on any atom is 0.273 e. The molecule has 1 N–H and O–H groups in total. The molecule has 1 aliphatic rings. The van der Waals surface area contributed by atoms with Gasteiger partial charge in [-0.15, -0.1) is 0 Å². The first kappa shape index (κ1) is 13.0. The molecule has 1 nitrogen and oxygen atoms in total. The number of halogens is 3. The SMILES string of the molecule is FC(F)(CC1CCCNC1)c1ccc(Br)cc1. The minimum absolute atomic E-state index is 0.0539. The van der Waals surface area contributed by atoms with Gasteiger partial charge in [-0.1, -0.05) is 28.1 Å². The van der Waals surface area contributed by atoms with Crippen molar-refractivity contribution in [2.75, 3.05) is 13.1 Å². The number of alkyl halides is 2. The highest BCUT2D eigenvalue weighted by atomic mass is 79.9. The molecule has 4 heteroatoms. The predicted molar refractivity (Wildman–Crippen MR) is 68.2 cm³/mol. The molecular weight excluding hydrogens is 288 g/mol. The van der Waals surface area contributed by atoms with Crippen molar-refractivity contribution in [1.82, 2.24) is 5.32 Å². The second-order valence-electron chi connectivity index (χ2n) is 4.63. The van der Waals surface area contributed by atoms with Crippen LogP contribution in [0.5, 0.6) is 0 Å². The predicted octanol–water partition coefficient (Wildman–Crippen LogP) is 3.93. The van der Waals surface area contributed by atoms with Gasteiger partial charge in [0.05, 0.1) is 0 Å². The van der Waals surface area contributed by atoms with E-state index < -0.39 is 5.92 Å². The summed E-state index contributed by atoms with van der Waals surface area (Å²) in [6.45, 7) is 1.67. The lowest BCUT2D eigenvalue weighted by atomic mass is 9.90. The molecule has 1 aliphatic heterocycles. The number of piperidine rings is 1. The molecule has 1 fully saturated rings. The van der Waals surface area contributed by atoms with E-state index in [-0.39, 0.29) is 17.9 Å². The summed E-state index contributed by atoms with van der Waals surface area (Å²) in [5.74, 6) is -2.63. The van der Waals surface area contributed by atoms with Gasteiger partial charge >= 0.3 is 0 Å². The molecule has 1 unspecified atom stereocenters. The van der Waals surface area contributed by atoms with E-state index in [2.05, 4.69) is 21.2 Å². The van der Waals surface area contributed by atoms with Gasteiger partial charge in [0.1, 0.15) is 0 Å². The van der Waals surface area contributed by atoms with Gasteiger partial charge < -0.3 is 5.32 Å². The van der Waals surface area contributed by atoms with Gasteiger partial charge in [0.15, 0.2) is 0 Å². The molecular formula is C13H16BrF2N. The van der Waals surface area contributed by atoms with Crippen molar-refractivity contribution >= 4 is 15.9 Å². The number of hydrogen-bond donors (Lipinski definition) is 1. The molecule has 0 spiro atoms. The average molecular weight is 304 g/mol. The molecule has 1 heterocycles. The molecule has 1 atom stereocenters. The normalized spacial score (nSPS) is 21.5. The zero-order valence-corrected chi connectivity index (χ0v) is 11.1. The Kier molecular flexibility index (Phi) is 4.15. The standard InChI is InChI=1S/C13H16BrF2N/c14-12-5-3-11(4-6-12)13(15,16)8-10-2-1-7-17-9-10/h3-6,10,17H,1-2,7-9H2. The van der Waals surface area contributed by atoms with E-state index in [0.29, 0.717) is 6.54 Å². The second-order valence-corrected chi connectivity index (χ2v) is 5.54. The van der Waals surface area contributed by atoms with Crippen LogP contribution in [0, 0.1) is 5.92 Å². The summed E-state index contributed by atoms with van der Waals surface area (Å²) in [6.07, 6.45) is 1.85. The number of nitrogens with one attached hydrogen (secondary N) is 1. The van der Waals surface area contributed by atoms with Crippen molar-refractivity contribution in [3.8, 4) is 0 Å². The van der Waals surface area contributed by atoms with Crippen molar-refractivity contribution < 1.29 is 8.78 Å². The number of rotatable bonds is 3. The third kappa shape index (κ3) is 3.49. The number of benzene rings is 1. The zero-order chi connectivity index (χ0) is 12.3. The second kappa shape index (κ2) is 5.44. The first-order valence-corrected chi connectivity index (χ1v) is 6.72. The highest BCUT2D eigenvalue weighted by Gasteiger charge is 2.34. The van der Waals surface area contributed by atoms with Crippen LogP contribution in [0.1, 0.15) is 24.8 Å². The molecule has 0 amide bonds. The lowest BCUT2D eigenvalue weighted by Gasteiger charge is -2.27. The van der Waals surface area contributed by atoms with Gasteiger partial charge in [-0.25, -0.2) is 8.78 Å². The summed E-state index contributed by atoms with van der Waals surface area (Å²) in [5, 5.41) is 3.18. The van der Waals surface area contributed by atoms with Crippen LogP contribution in [0.25, 0.3) is 0 Å². The zero-order valence-electron chi connectivity index (χ0n) is 9.56. The van der Waals surface area contributed by atoms with Gasteiger partial charge in [0, 0.05) is 16.5 Å². The van der Waals surface area contributed by atoms with Crippen LogP contribution in [-0.4, -0.2) is 13.1 Å². The Morgan fingerprint density at radius 2 is 2.00 bits per heavy atom. The van der Waals surface area contributed by atoms with Crippen LogP contribution < -0.4 is 5.32 Å². The van der Waals surface area contributed by atoms with Crippen LogP contribution >= 0.6 is 15.9 Å². The van der Waals surface area contributed by atoms with Gasteiger partial charge in [-0.3, -0.25) is 0 Å². The molecule has 0 aliphatic carbocycles. The fourth-order valence-electron chi connectivity index (χ4n) is 2.27. The van der Waals surface area contributed by atoms with E-state index in [0.717, 1.165) is 23.9 Å². The summed E-state index contributed by atoms with van der Waals surface area (Å²) in [4.78, 5) is 0. The van der Waals surface area contributed by atoms with Crippen molar-refractivity contribution in [1.29, 1.82) is 0 Å². The van der Waals surface area contributed by atoms with Crippen LogP contribution in [0.2, 0.25) is 0 Å². The van der Waals surface area contributed by atoms with Crippen molar-refractivity contribution in [2.45, 2.75) is 25.2 Å². The summed E-state index contributed by atoms with van der Waals surface area (Å²) in [5.41, 5.74) is 0.117. The Labute approximate surface area is 109 Å². The Balaban J connectivity index is 2.04. The molecule has 1 aromatic rings. The van der Waals surface area contributed by atoms with E-state index in [1.807, 2.05) is 0 Å². The molecule has 0 radical (unpaired) electrons. The summed E-state index contributed by atoms with van der Waals surface area (Å²) in [6, 6.07) is 6.34. The molecule has 1 saturated heterocycles. The van der Waals surface area contributed by atoms with Gasteiger partial charge in [0.25, 0.3) is 5.92 Å². The Morgan fingerprint density at radius 3 is 2.59 bits per heavy atom. The lowest BCUT2D eigenvalue weighted by Crippen LogP contribution is -2.33. The van der Waals surface area contributed by atoms with E-state index >= 15 is 0 Å². The van der Waals surface area contributed by atoms with Crippen molar-refractivity contribution in [3.05, 3.63) is 34.3 Å². The van der Waals surface area contributed by atoms with Crippen LogP contribution in [0.4, 0.5) is 8.78 Å². The molecule has 2 rings (SSSR count). The highest BCUT2D eigenvalue weighted by Crippen LogP contribution is 2.36. The van der Waals surface area contributed by atoms with Crippen LogP contribution in [0.15, 0.2) is 28.7 Å². The van der Waals surface area contributed by atoms with Crippen molar-refractivity contribution in [3.63, 3.8) is 0 Å². The highest BCUT2D eigenvalue weighted by molar-refractivity contribution is 9.10. The largest absolute Gasteiger partial charge is 0.316 e. The van der Waals surface area contributed by atoms with E-state index in [1.165, 1.54) is 12.1 Å². The molecule has 1 aromatic carbocycles. The number of hydrogen-bond acceptors (Lipinski definition) is 1. The minimum Gasteiger partial charge on any atom is -0.316 e. The summed E-state index contributed by atoms with van der Waals surface area (Å²) < 4.78 is 28.9. The molecule has 0 saturated carbocycles. The van der Waals surface area contributed by atoms with Gasteiger partial charge in [-0.05, 0) is 44.0 Å². The fourth-order valence-corrected chi connectivity index (χ4v) is 2.54. The molecule has 94 valence electrons. The average Bonchev–Trinajstić information content (AvgIpc) is 2.30.